The summed E-state index contributed by atoms with van der Waals surface area (Å²) in [5.74, 6) is -2.56. The first-order valence-electron chi connectivity index (χ1n) is 5.14. The molecule has 18 heavy (non-hydrogen) atoms. The summed E-state index contributed by atoms with van der Waals surface area (Å²) >= 11 is 0. The highest BCUT2D eigenvalue weighted by molar-refractivity contribution is 6.09. The average molecular weight is 256 g/mol. The molecule has 0 unspecified atom stereocenters. The number of Topliss-reactive ketones (excluding diaryl/α,β-unsaturated/α-hetero) is 1. The zero-order valence-corrected chi connectivity index (χ0v) is 10.0. The van der Waals surface area contributed by atoms with Crippen molar-refractivity contribution in [3.05, 3.63) is 47.2 Å². The third-order valence-electron chi connectivity index (χ3n) is 2.15. The van der Waals surface area contributed by atoms with E-state index in [9.17, 15) is 18.7 Å². The maximum atomic E-state index is 13.4. The third-order valence-corrected chi connectivity index (χ3v) is 2.15. The van der Waals surface area contributed by atoms with Gasteiger partial charge in [-0.05, 0) is 12.1 Å². The second-order valence-corrected chi connectivity index (χ2v) is 3.95. The van der Waals surface area contributed by atoms with Gasteiger partial charge in [-0.3, -0.25) is 4.79 Å². The fraction of sp³-hybridized carbons (Fsp3) is 0.250. The van der Waals surface area contributed by atoms with Gasteiger partial charge in [-0.25, -0.2) is 8.78 Å². The van der Waals surface area contributed by atoms with Gasteiger partial charge >= 0.3 is 0 Å². The number of hydrogen-bond donors (Lipinski definition) is 2. The van der Waals surface area contributed by atoms with Gasteiger partial charge < -0.3 is 15.7 Å². The van der Waals surface area contributed by atoms with Crippen molar-refractivity contribution in [3.8, 4) is 0 Å². The summed E-state index contributed by atoms with van der Waals surface area (Å²) in [4.78, 5) is 13.4. The van der Waals surface area contributed by atoms with Crippen LogP contribution in [0.5, 0.6) is 0 Å². The molecule has 1 atom stereocenters. The second kappa shape index (κ2) is 5.70. The first-order chi connectivity index (χ1) is 8.32. The lowest BCUT2D eigenvalue weighted by atomic mass is 10.0. The van der Waals surface area contributed by atoms with E-state index in [0.29, 0.717) is 6.07 Å². The monoisotopic (exact) mass is 256 g/mol. The number of hydrogen-bond acceptors (Lipinski definition) is 4. The van der Waals surface area contributed by atoms with Crippen molar-refractivity contribution < 1.29 is 18.7 Å². The Kier molecular flexibility index (Phi) is 4.52. The van der Waals surface area contributed by atoms with Crippen molar-refractivity contribution >= 4 is 5.78 Å². The van der Waals surface area contributed by atoms with Gasteiger partial charge in [-0.15, -0.1) is 0 Å². The highest BCUT2D eigenvalue weighted by Crippen LogP contribution is 2.15. The summed E-state index contributed by atoms with van der Waals surface area (Å²) in [6.45, 7) is 0. The van der Waals surface area contributed by atoms with E-state index >= 15 is 0 Å². The number of carbonyl (C=O) groups excluding carboxylic acids is 1. The van der Waals surface area contributed by atoms with Crippen molar-refractivity contribution in [1.29, 1.82) is 0 Å². The lowest BCUT2D eigenvalue weighted by Gasteiger charge is -2.13. The molecule has 0 fully saturated rings. The predicted molar refractivity (Wildman–Crippen MR) is 62.7 cm³/mol. The first-order valence-corrected chi connectivity index (χ1v) is 5.14. The zero-order valence-electron chi connectivity index (χ0n) is 10.0. The van der Waals surface area contributed by atoms with Gasteiger partial charge in [-0.2, -0.15) is 0 Å². The minimum absolute atomic E-state index is 0.175. The largest absolute Gasteiger partial charge is 0.383 e. The van der Waals surface area contributed by atoms with E-state index in [2.05, 4.69) is 0 Å². The van der Waals surface area contributed by atoms with Crippen LogP contribution in [0.4, 0.5) is 8.78 Å². The van der Waals surface area contributed by atoms with Crippen molar-refractivity contribution in [2.24, 2.45) is 5.73 Å². The van der Waals surface area contributed by atoms with Gasteiger partial charge in [0.2, 0.25) is 0 Å². The first kappa shape index (κ1) is 14.3. The van der Waals surface area contributed by atoms with Crippen LogP contribution in [0.3, 0.4) is 0 Å². The molecule has 0 aliphatic heterocycles. The molecule has 0 aliphatic carbocycles. The molecule has 6 heteroatoms. The summed E-state index contributed by atoms with van der Waals surface area (Å²) < 4.78 is 26.2. The molecule has 0 aliphatic rings. The van der Waals surface area contributed by atoms with E-state index in [0.717, 1.165) is 12.1 Å². The smallest absolute Gasteiger partial charge is 0.197 e. The highest BCUT2D eigenvalue weighted by atomic mass is 19.1. The molecule has 0 radical (unpaired) electrons. The quantitative estimate of drug-likeness (QED) is 0.476. The Bertz CT molecular complexity index is 485. The highest BCUT2D eigenvalue weighted by Gasteiger charge is 2.21. The molecule has 1 aromatic carbocycles. The van der Waals surface area contributed by atoms with Gasteiger partial charge in [0.15, 0.2) is 5.78 Å². The molecule has 0 saturated carbocycles. The summed E-state index contributed by atoms with van der Waals surface area (Å²) in [5, 5.41) is 9.30. The number of carbonyl (C=O) groups is 1. The molecule has 0 aromatic heterocycles. The number of rotatable bonds is 4. The number of nitrogens with two attached hydrogens (primary N) is 1. The van der Waals surface area contributed by atoms with Crippen LogP contribution in [0, 0.1) is 11.6 Å². The summed E-state index contributed by atoms with van der Waals surface area (Å²) in [5.41, 5.74) is 4.73. The van der Waals surface area contributed by atoms with Crippen LogP contribution in [0.2, 0.25) is 0 Å². The third kappa shape index (κ3) is 3.35. The van der Waals surface area contributed by atoms with Crippen LogP contribution in [0.15, 0.2) is 30.0 Å². The Morgan fingerprint density at radius 2 is 2.06 bits per heavy atom. The number of aliphatic hydroxyl groups is 1. The molecule has 0 bridgehead atoms. The molecule has 1 aromatic rings. The number of nitrogens with zero attached hydrogens (tertiary/aromatic N) is 1. The summed E-state index contributed by atoms with van der Waals surface area (Å²) in [6.07, 6.45) is -0.250. The summed E-state index contributed by atoms with van der Waals surface area (Å²) in [6, 6.07) is 2.58. The number of ketones is 1. The fourth-order valence-electron chi connectivity index (χ4n) is 1.38. The maximum Gasteiger partial charge on any atom is 0.197 e. The van der Waals surface area contributed by atoms with Crippen LogP contribution in [0.25, 0.3) is 0 Å². The average Bonchev–Trinajstić information content (AvgIpc) is 2.24. The van der Waals surface area contributed by atoms with Gasteiger partial charge in [0.1, 0.15) is 17.9 Å². The molecule has 0 spiro atoms. The Morgan fingerprint density at radius 3 is 2.50 bits per heavy atom. The number of aliphatic hydroxyl groups excluding tert-OH is 1. The number of benzene rings is 1. The zero-order chi connectivity index (χ0) is 13.9. The fourth-order valence-corrected chi connectivity index (χ4v) is 1.38. The standard InChI is InChI=1S/C12H14F2N2O2/c1-16(2)6-9(12(15)18)11(17)8-4-3-7(13)5-10(8)14/h3-6,12,18H,15H2,1-2H3/b9-6-/t12-/m0/s1. The SMILES string of the molecule is CN(C)/C=C(/C(=O)c1ccc(F)cc1F)[C@@H](N)O. The van der Waals surface area contributed by atoms with E-state index < -0.39 is 23.6 Å². The van der Waals surface area contributed by atoms with Crippen LogP contribution in [-0.4, -0.2) is 36.1 Å². The Labute approximate surface area is 103 Å². The van der Waals surface area contributed by atoms with Crippen molar-refractivity contribution in [3.63, 3.8) is 0 Å². The van der Waals surface area contributed by atoms with Crippen molar-refractivity contribution in [1.82, 2.24) is 4.90 Å². The molecule has 0 heterocycles. The Hall–Kier alpha value is -1.79. The predicted octanol–water partition coefficient (Wildman–Crippen LogP) is 0.870. The molecule has 4 nitrogen and oxygen atoms in total. The minimum atomic E-state index is -1.54. The minimum Gasteiger partial charge on any atom is -0.383 e. The lowest BCUT2D eigenvalue weighted by Crippen LogP contribution is -2.29. The lowest BCUT2D eigenvalue weighted by molar-refractivity contribution is 0.0983. The maximum absolute atomic E-state index is 13.4. The topological polar surface area (TPSA) is 66.6 Å². The van der Waals surface area contributed by atoms with E-state index in [-0.39, 0.29) is 11.1 Å². The van der Waals surface area contributed by atoms with E-state index in [1.54, 1.807) is 14.1 Å². The normalized spacial score (nSPS) is 13.3. The molecular weight excluding hydrogens is 242 g/mol. The van der Waals surface area contributed by atoms with Gasteiger partial charge in [-0.1, -0.05) is 0 Å². The summed E-state index contributed by atoms with van der Waals surface area (Å²) in [7, 11) is 3.24. The van der Waals surface area contributed by atoms with Crippen molar-refractivity contribution in [2.75, 3.05) is 14.1 Å². The van der Waals surface area contributed by atoms with E-state index in [4.69, 9.17) is 5.73 Å². The van der Waals surface area contributed by atoms with Gasteiger partial charge in [0.25, 0.3) is 0 Å². The molecule has 98 valence electrons. The van der Waals surface area contributed by atoms with Crippen LogP contribution >= 0.6 is 0 Å². The molecule has 0 amide bonds. The van der Waals surface area contributed by atoms with Gasteiger partial charge in [0.05, 0.1) is 11.1 Å². The van der Waals surface area contributed by atoms with E-state index in [1.807, 2.05) is 0 Å². The molecule has 3 N–H and O–H groups in total. The Balaban J connectivity index is 3.18. The van der Waals surface area contributed by atoms with Gasteiger partial charge in [0, 0.05) is 26.4 Å². The molecule has 1 rings (SSSR count). The molecular formula is C12H14F2N2O2. The Morgan fingerprint density at radius 1 is 1.44 bits per heavy atom. The van der Waals surface area contributed by atoms with Crippen LogP contribution < -0.4 is 5.73 Å². The molecule has 0 saturated heterocycles. The van der Waals surface area contributed by atoms with Crippen molar-refractivity contribution in [2.45, 2.75) is 6.23 Å². The van der Waals surface area contributed by atoms with Crippen LogP contribution in [-0.2, 0) is 0 Å². The number of halogens is 2. The van der Waals surface area contributed by atoms with Crippen LogP contribution in [0.1, 0.15) is 10.4 Å². The van der Waals surface area contributed by atoms with E-state index in [1.165, 1.54) is 11.1 Å². The second-order valence-electron chi connectivity index (χ2n) is 3.95.